The van der Waals surface area contributed by atoms with Gasteiger partial charge in [-0.15, -0.1) is 22.7 Å². The van der Waals surface area contributed by atoms with Crippen LogP contribution in [0.3, 0.4) is 0 Å². The number of nitrogens with one attached hydrogen (secondary N) is 2. The number of amides is 2. The van der Waals surface area contributed by atoms with E-state index in [2.05, 4.69) is 69.5 Å². The summed E-state index contributed by atoms with van der Waals surface area (Å²) >= 11 is 3.36. The quantitative estimate of drug-likeness (QED) is 0.177. The van der Waals surface area contributed by atoms with Gasteiger partial charge in [0.1, 0.15) is 0 Å². The Labute approximate surface area is 289 Å². The normalized spacial score (nSPS) is 19.0. The molecule has 2 atom stereocenters. The molecule has 0 spiro atoms. The molecule has 244 valence electrons. The Kier molecular flexibility index (Phi) is 8.42. The molecule has 4 aromatic heterocycles. The van der Waals surface area contributed by atoms with E-state index in [4.69, 9.17) is 9.97 Å². The third-order valence-corrected chi connectivity index (χ3v) is 11.4. The highest BCUT2D eigenvalue weighted by Crippen LogP contribution is 2.46. The number of aryl methyl sites for hydroxylation is 2. The van der Waals surface area contributed by atoms with Crippen molar-refractivity contribution in [1.29, 1.82) is 0 Å². The van der Waals surface area contributed by atoms with Gasteiger partial charge < -0.3 is 10.6 Å². The molecule has 2 aromatic carbocycles. The summed E-state index contributed by atoms with van der Waals surface area (Å²) in [6.45, 7) is 11.4. The van der Waals surface area contributed by atoms with E-state index in [9.17, 15) is 9.59 Å². The molecule has 0 aliphatic heterocycles. The molecule has 0 radical (unpaired) electrons. The number of carbonyl (C=O) groups is 2. The maximum atomic E-state index is 14.1. The molecule has 1 saturated carbocycles. The zero-order valence-corrected chi connectivity index (χ0v) is 29.6. The van der Waals surface area contributed by atoms with Gasteiger partial charge in [-0.2, -0.15) is 0 Å². The van der Waals surface area contributed by atoms with Crippen LogP contribution in [0.2, 0.25) is 0 Å². The van der Waals surface area contributed by atoms with Crippen molar-refractivity contribution in [2.45, 2.75) is 59.9 Å². The number of para-hydroxylation sites is 2. The number of benzene rings is 2. The first kappa shape index (κ1) is 32.2. The fourth-order valence-electron chi connectivity index (χ4n) is 7.65. The van der Waals surface area contributed by atoms with Gasteiger partial charge in [-0.3, -0.25) is 9.59 Å². The number of carbonyl (C=O) groups excluding carboxylic acids is 2. The first-order valence-electron chi connectivity index (χ1n) is 16.5. The van der Waals surface area contributed by atoms with Crippen molar-refractivity contribution in [3.8, 4) is 21.1 Å². The van der Waals surface area contributed by atoms with Crippen molar-refractivity contribution >= 4 is 56.3 Å². The zero-order valence-electron chi connectivity index (χ0n) is 28.0. The van der Waals surface area contributed by atoms with Gasteiger partial charge in [0.15, 0.2) is 0 Å². The molecule has 6 aromatic rings. The van der Waals surface area contributed by atoms with E-state index in [-0.39, 0.29) is 28.7 Å². The molecule has 2 N–H and O–H groups in total. The van der Waals surface area contributed by atoms with Gasteiger partial charge in [0.25, 0.3) is 11.8 Å². The molecule has 0 saturated heterocycles. The molecule has 1 fully saturated rings. The van der Waals surface area contributed by atoms with Gasteiger partial charge in [0, 0.05) is 33.1 Å². The molecule has 4 heterocycles. The number of rotatable bonds is 7. The summed E-state index contributed by atoms with van der Waals surface area (Å²) in [6.07, 6.45) is 2.56. The molecule has 1 aliphatic rings. The molecule has 1 aliphatic carbocycles. The summed E-state index contributed by atoms with van der Waals surface area (Å²) in [6, 6.07) is 27.8. The number of thiophene rings is 2. The highest BCUT2D eigenvalue weighted by atomic mass is 32.1. The van der Waals surface area contributed by atoms with Gasteiger partial charge in [-0.25, -0.2) is 9.97 Å². The summed E-state index contributed by atoms with van der Waals surface area (Å²) in [4.78, 5) is 42.2. The van der Waals surface area contributed by atoms with Crippen molar-refractivity contribution in [2.75, 3.05) is 6.54 Å². The summed E-state index contributed by atoms with van der Waals surface area (Å²) < 4.78 is 0. The summed E-state index contributed by atoms with van der Waals surface area (Å²) in [5.41, 5.74) is 4.27. The Balaban J connectivity index is 1.12. The van der Waals surface area contributed by atoms with Crippen LogP contribution < -0.4 is 10.6 Å². The van der Waals surface area contributed by atoms with Crippen LogP contribution in [0.4, 0.5) is 0 Å². The van der Waals surface area contributed by atoms with E-state index >= 15 is 0 Å². The van der Waals surface area contributed by atoms with E-state index in [0.29, 0.717) is 17.7 Å². The lowest BCUT2D eigenvalue weighted by Gasteiger charge is -2.47. The molecule has 2 amide bonds. The molecule has 0 unspecified atom stereocenters. The monoisotopic (exact) mass is 672 g/mol. The van der Waals surface area contributed by atoms with E-state index in [1.54, 1.807) is 22.7 Å². The van der Waals surface area contributed by atoms with Crippen LogP contribution in [0.1, 0.15) is 70.5 Å². The van der Waals surface area contributed by atoms with E-state index in [0.717, 1.165) is 62.2 Å². The van der Waals surface area contributed by atoms with Crippen LogP contribution >= 0.6 is 22.7 Å². The van der Waals surface area contributed by atoms with E-state index in [1.807, 2.05) is 60.7 Å². The Morgan fingerprint density at radius 1 is 0.729 bits per heavy atom. The predicted molar refractivity (Wildman–Crippen MR) is 199 cm³/mol. The number of aromatic nitrogens is 2. The average molecular weight is 673 g/mol. The van der Waals surface area contributed by atoms with Crippen LogP contribution in [-0.2, 0) is 0 Å². The standard InChI is InChI=1S/C40H40N4O2S2/c1-24-14-16-35(47-24)33-18-29(27-10-6-8-12-31(27)43-33)37(45)41-23-40(5)21-26(20-39(3,4)22-40)42-38(46)30-19-34(36-17-15-25(2)48-36)44-32-13-9-7-11-28(30)32/h6-19,26H,20-23H2,1-5H3,(H,41,45)(H,42,46)/t26-,40-/m0/s1. The number of fused-ring (bicyclic) bond motifs is 2. The average Bonchev–Trinajstić information content (AvgIpc) is 3.69. The Hall–Kier alpha value is -4.40. The highest BCUT2D eigenvalue weighted by Gasteiger charge is 2.42. The van der Waals surface area contributed by atoms with Gasteiger partial charge in [0.2, 0.25) is 0 Å². The largest absolute Gasteiger partial charge is 0.351 e. The zero-order chi connectivity index (χ0) is 33.6. The summed E-state index contributed by atoms with van der Waals surface area (Å²) in [5.74, 6) is -0.190. The maximum absolute atomic E-state index is 14.1. The van der Waals surface area contributed by atoms with Crippen LogP contribution in [0, 0.1) is 24.7 Å². The first-order chi connectivity index (χ1) is 23.0. The molecular weight excluding hydrogens is 633 g/mol. The predicted octanol–water partition coefficient (Wildman–Crippen LogP) is 9.60. The van der Waals surface area contributed by atoms with Gasteiger partial charge in [0.05, 0.1) is 43.3 Å². The second kappa shape index (κ2) is 12.6. The summed E-state index contributed by atoms with van der Waals surface area (Å²) in [5, 5.41) is 8.39. The smallest absolute Gasteiger partial charge is 0.252 e. The molecular formula is C40H40N4O2S2. The van der Waals surface area contributed by atoms with E-state index < -0.39 is 0 Å². The molecule has 7 rings (SSSR count). The van der Waals surface area contributed by atoms with Crippen molar-refractivity contribution < 1.29 is 9.59 Å². The van der Waals surface area contributed by atoms with Gasteiger partial charge in [-0.1, -0.05) is 57.2 Å². The lowest BCUT2D eigenvalue weighted by molar-refractivity contribution is 0.0593. The fourth-order valence-corrected chi connectivity index (χ4v) is 9.30. The Morgan fingerprint density at radius 3 is 1.77 bits per heavy atom. The lowest BCUT2D eigenvalue weighted by Crippen LogP contribution is -2.50. The van der Waals surface area contributed by atoms with E-state index in [1.165, 1.54) is 9.75 Å². The summed E-state index contributed by atoms with van der Waals surface area (Å²) in [7, 11) is 0. The number of nitrogens with zero attached hydrogens (tertiary/aromatic N) is 2. The minimum absolute atomic E-state index is 0.0246. The van der Waals surface area contributed by atoms with Gasteiger partial charge in [-0.05, 0) is 92.5 Å². The lowest BCUT2D eigenvalue weighted by atomic mass is 9.62. The second-order valence-corrected chi connectivity index (χ2v) is 17.0. The highest BCUT2D eigenvalue weighted by molar-refractivity contribution is 7.15. The van der Waals surface area contributed by atoms with Gasteiger partial charge >= 0.3 is 0 Å². The minimum atomic E-state index is -0.216. The molecule has 6 nitrogen and oxygen atoms in total. The van der Waals surface area contributed by atoms with Crippen molar-refractivity contribution in [3.05, 3.63) is 106 Å². The number of pyridine rings is 2. The Bertz CT molecular complexity index is 2180. The second-order valence-electron chi connectivity index (χ2n) is 14.4. The van der Waals surface area contributed by atoms with Crippen LogP contribution in [0.25, 0.3) is 42.9 Å². The fraction of sp³-hybridized carbons (Fsp3) is 0.300. The van der Waals surface area contributed by atoms with Crippen molar-refractivity contribution in [1.82, 2.24) is 20.6 Å². The maximum Gasteiger partial charge on any atom is 0.252 e. The molecule has 48 heavy (non-hydrogen) atoms. The first-order valence-corrected chi connectivity index (χ1v) is 18.1. The number of hydrogen-bond donors (Lipinski definition) is 2. The third kappa shape index (κ3) is 6.64. The van der Waals surface area contributed by atoms with Crippen LogP contribution in [0.5, 0.6) is 0 Å². The third-order valence-electron chi connectivity index (χ3n) is 9.36. The topological polar surface area (TPSA) is 84.0 Å². The van der Waals surface area contributed by atoms with Crippen molar-refractivity contribution in [3.63, 3.8) is 0 Å². The molecule has 8 heteroatoms. The SMILES string of the molecule is Cc1ccc(-c2cc(C(=O)NC[C@@]3(C)C[C@@H](NC(=O)c4cc(-c5ccc(C)s5)nc5ccccc45)CC(C)(C)C3)c3ccccc3n2)s1. The van der Waals surface area contributed by atoms with Crippen LogP contribution in [0.15, 0.2) is 84.9 Å². The van der Waals surface area contributed by atoms with Crippen LogP contribution in [-0.4, -0.2) is 34.4 Å². The number of hydrogen-bond acceptors (Lipinski definition) is 6. The minimum Gasteiger partial charge on any atom is -0.351 e. The Morgan fingerprint density at radius 2 is 1.25 bits per heavy atom. The van der Waals surface area contributed by atoms with Crippen molar-refractivity contribution in [2.24, 2.45) is 10.8 Å². The molecule has 0 bridgehead atoms.